The number of carbonyl (C=O) groups excluding carboxylic acids is 3. The van der Waals surface area contributed by atoms with Crippen molar-refractivity contribution in [3.63, 3.8) is 0 Å². The highest BCUT2D eigenvalue weighted by atomic mass is 32.2. The first-order valence-electron chi connectivity index (χ1n) is 11.0. The summed E-state index contributed by atoms with van der Waals surface area (Å²) in [6.45, 7) is 0.709. The molecule has 0 saturated carbocycles. The molecule has 0 spiro atoms. The number of ether oxygens (including phenoxy) is 2. The van der Waals surface area contributed by atoms with Gasteiger partial charge in [-0.15, -0.1) is 0 Å². The van der Waals surface area contributed by atoms with E-state index in [1.54, 1.807) is 42.5 Å². The molecular formula is C24H21N3O7S. The van der Waals surface area contributed by atoms with E-state index in [1.165, 1.54) is 4.57 Å². The number of fused-ring (bicyclic) bond motifs is 2. The minimum absolute atomic E-state index is 0.0702. The van der Waals surface area contributed by atoms with Gasteiger partial charge in [0, 0.05) is 26.1 Å². The molecule has 2 aliphatic rings. The maximum atomic E-state index is 12.7. The number of hydrogen-bond acceptors (Lipinski definition) is 8. The van der Waals surface area contributed by atoms with Crippen LogP contribution in [0.15, 0.2) is 56.6 Å². The van der Waals surface area contributed by atoms with Crippen LogP contribution in [-0.2, 0) is 16.1 Å². The number of carbonyl (C=O) groups is 3. The van der Waals surface area contributed by atoms with Crippen molar-refractivity contribution < 1.29 is 28.3 Å². The van der Waals surface area contributed by atoms with Crippen LogP contribution in [0, 0.1) is 0 Å². The van der Waals surface area contributed by atoms with E-state index < -0.39 is 11.7 Å². The second kappa shape index (κ2) is 9.71. The second-order valence-corrected chi connectivity index (χ2v) is 8.88. The molecule has 180 valence electrons. The Morgan fingerprint density at radius 3 is 2.77 bits per heavy atom. The van der Waals surface area contributed by atoms with Crippen molar-refractivity contribution in [2.45, 2.75) is 19.4 Å². The highest BCUT2D eigenvalue weighted by Crippen LogP contribution is 2.36. The minimum Gasteiger partial charge on any atom is -0.454 e. The summed E-state index contributed by atoms with van der Waals surface area (Å²) < 4.78 is 17.3. The van der Waals surface area contributed by atoms with Gasteiger partial charge >= 0.3 is 5.76 Å². The molecule has 0 atom stereocenters. The van der Waals surface area contributed by atoms with E-state index in [0.29, 0.717) is 40.5 Å². The zero-order valence-electron chi connectivity index (χ0n) is 18.5. The van der Waals surface area contributed by atoms with Crippen molar-refractivity contribution in [1.29, 1.82) is 0 Å². The van der Waals surface area contributed by atoms with Crippen molar-refractivity contribution in [3.8, 4) is 11.5 Å². The number of hydrogen-bond donors (Lipinski definition) is 1. The monoisotopic (exact) mass is 495 g/mol. The molecule has 2 aliphatic heterocycles. The van der Waals surface area contributed by atoms with Gasteiger partial charge in [-0.2, -0.15) is 0 Å². The molecule has 2 aromatic carbocycles. The lowest BCUT2D eigenvalue weighted by molar-refractivity contribution is -0.124. The molecule has 35 heavy (non-hydrogen) atoms. The van der Waals surface area contributed by atoms with Gasteiger partial charge in [-0.1, -0.05) is 18.2 Å². The number of thioether (sulfide) groups is 1. The molecule has 1 fully saturated rings. The predicted molar refractivity (Wildman–Crippen MR) is 128 cm³/mol. The summed E-state index contributed by atoms with van der Waals surface area (Å²) in [5.74, 6) is 0.134. The van der Waals surface area contributed by atoms with Gasteiger partial charge in [0.2, 0.25) is 12.7 Å². The number of rotatable bonds is 8. The first-order valence-corrected chi connectivity index (χ1v) is 11.8. The van der Waals surface area contributed by atoms with Crippen LogP contribution in [0.5, 0.6) is 11.5 Å². The van der Waals surface area contributed by atoms with Gasteiger partial charge in [0.05, 0.1) is 10.4 Å². The zero-order valence-corrected chi connectivity index (χ0v) is 19.3. The number of nitrogens with zero attached hydrogens (tertiary/aromatic N) is 2. The van der Waals surface area contributed by atoms with Crippen molar-refractivity contribution in [3.05, 3.63) is 63.5 Å². The van der Waals surface area contributed by atoms with Crippen LogP contribution in [0.2, 0.25) is 0 Å². The van der Waals surface area contributed by atoms with E-state index in [9.17, 15) is 19.2 Å². The summed E-state index contributed by atoms with van der Waals surface area (Å²) >= 11 is 0.856. The Balaban J connectivity index is 1.10. The molecule has 11 heteroatoms. The molecule has 0 unspecified atom stereocenters. The molecule has 1 N–H and O–H groups in total. The third kappa shape index (κ3) is 4.80. The van der Waals surface area contributed by atoms with Crippen LogP contribution in [-0.4, -0.2) is 46.4 Å². The maximum absolute atomic E-state index is 12.7. The van der Waals surface area contributed by atoms with E-state index in [-0.39, 0.29) is 37.4 Å². The van der Waals surface area contributed by atoms with E-state index in [0.717, 1.165) is 22.2 Å². The maximum Gasteiger partial charge on any atom is 0.419 e. The fourth-order valence-electron chi connectivity index (χ4n) is 3.87. The summed E-state index contributed by atoms with van der Waals surface area (Å²) in [5.41, 5.74) is 1.91. The SMILES string of the molecule is O=C(CCCn1c(=O)oc2ccccc21)NCCN1C(=O)S/C(=C\c2ccc3c(c2)OCO3)C1=O. The number of oxazole rings is 1. The van der Waals surface area contributed by atoms with Gasteiger partial charge in [0.15, 0.2) is 17.1 Å². The van der Waals surface area contributed by atoms with Crippen LogP contribution in [0.4, 0.5) is 4.79 Å². The van der Waals surface area contributed by atoms with E-state index >= 15 is 0 Å². The lowest BCUT2D eigenvalue weighted by Crippen LogP contribution is -2.37. The highest BCUT2D eigenvalue weighted by Gasteiger charge is 2.34. The topological polar surface area (TPSA) is 120 Å². The van der Waals surface area contributed by atoms with Crippen molar-refractivity contribution in [1.82, 2.24) is 14.8 Å². The second-order valence-electron chi connectivity index (χ2n) is 7.89. The third-order valence-corrected chi connectivity index (χ3v) is 6.49. The summed E-state index contributed by atoms with van der Waals surface area (Å²) in [5, 5.41) is 2.33. The summed E-state index contributed by atoms with van der Waals surface area (Å²) in [6, 6.07) is 12.4. The standard InChI is InChI=1S/C24H21N3O7S/c28-21(6-3-10-26-16-4-1-2-5-17(16)34-23(26)30)25-9-11-27-22(29)20(35-24(27)31)13-15-7-8-18-19(12-15)33-14-32-18/h1-2,4-5,7-8,12-13H,3,6,9-11,14H2,(H,25,28)/b20-13-. The molecule has 0 radical (unpaired) electrons. The van der Waals surface area contributed by atoms with Gasteiger partial charge in [0.1, 0.15) is 0 Å². The van der Waals surface area contributed by atoms with Crippen LogP contribution in [0.1, 0.15) is 18.4 Å². The van der Waals surface area contributed by atoms with Gasteiger partial charge in [-0.05, 0) is 54.1 Å². The lowest BCUT2D eigenvalue weighted by atomic mass is 10.2. The average molecular weight is 496 g/mol. The van der Waals surface area contributed by atoms with E-state index in [2.05, 4.69) is 5.32 Å². The normalized spacial score (nSPS) is 16.0. The molecule has 3 aromatic rings. The smallest absolute Gasteiger partial charge is 0.419 e. The number of benzene rings is 2. The first kappa shape index (κ1) is 22.8. The lowest BCUT2D eigenvalue weighted by Gasteiger charge is -2.13. The average Bonchev–Trinajstić information content (AvgIpc) is 3.51. The van der Waals surface area contributed by atoms with Crippen molar-refractivity contribution in [2.24, 2.45) is 0 Å². The predicted octanol–water partition coefficient (Wildman–Crippen LogP) is 2.96. The fraction of sp³-hybridized carbons (Fsp3) is 0.250. The molecule has 1 aromatic heterocycles. The van der Waals surface area contributed by atoms with Gasteiger partial charge in [-0.25, -0.2) is 4.79 Å². The molecule has 1 saturated heterocycles. The van der Waals surface area contributed by atoms with Gasteiger partial charge < -0.3 is 19.2 Å². The molecular weight excluding hydrogens is 474 g/mol. The van der Waals surface area contributed by atoms with Crippen molar-refractivity contribution in [2.75, 3.05) is 19.9 Å². The molecule has 0 bridgehead atoms. The van der Waals surface area contributed by atoms with E-state index in [1.807, 2.05) is 6.07 Å². The number of aryl methyl sites for hydroxylation is 1. The van der Waals surface area contributed by atoms with E-state index in [4.69, 9.17) is 13.9 Å². The largest absolute Gasteiger partial charge is 0.454 e. The zero-order chi connectivity index (χ0) is 24.4. The Bertz CT molecular complexity index is 1410. The highest BCUT2D eigenvalue weighted by molar-refractivity contribution is 8.18. The number of nitrogens with one attached hydrogen (secondary N) is 1. The quantitative estimate of drug-likeness (QED) is 0.474. The van der Waals surface area contributed by atoms with Crippen LogP contribution in [0.25, 0.3) is 17.2 Å². The number of para-hydroxylation sites is 2. The van der Waals surface area contributed by atoms with Crippen LogP contribution in [0.3, 0.4) is 0 Å². The minimum atomic E-state index is -0.459. The first-order chi connectivity index (χ1) is 17.0. The molecule has 0 aliphatic carbocycles. The molecule has 3 amide bonds. The van der Waals surface area contributed by atoms with Gasteiger partial charge in [0.25, 0.3) is 11.1 Å². The third-order valence-electron chi connectivity index (χ3n) is 5.58. The number of imide groups is 1. The molecule has 10 nitrogen and oxygen atoms in total. The van der Waals surface area contributed by atoms with Crippen LogP contribution >= 0.6 is 11.8 Å². The van der Waals surface area contributed by atoms with Gasteiger partial charge in [-0.3, -0.25) is 23.9 Å². The Kier molecular flexibility index (Phi) is 6.32. The number of aromatic nitrogens is 1. The summed E-state index contributed by atoms with van der Waals surface area (Å²) in [6.07, 6.45) is 2.26. The Morgan fingerprint density at radius 2 is 1.89 bits per heavy atom. The summed E-state index contributed by atoms with van der Waals surface area (Å²) in [7, 11) is 0. The Morgan fingerprint density at radius 1 is 1.06 bits per heavy atom. The molecule has 3 heterocycles. The van der Waals surface area contributed by atoms with Crippen molar-refractivity contribution >= 4 is 46.0 Å². The Hall–Kier alpha value is -3.99. The number of amides is 3. The summed E-state index contributed by atoms with van der Waals surface area (Å²) in [4.78, 5) is 50.6. The van der Waals surface area contributed by atoms with Crippen LogP contribution < -0.4 is 20.5 Å². The molecule has 5 rings (SSSR count). The Labute approximate surface area is 203 Å². The fourth-order valence-corrected chi connectivity index (χ4v) is 4.73.